The van der Waals surface area contributed by atoms with Crippen LogP contribution >= 0.6 is 15.9 Å². The molecule has 1 aromatic heterocycles. The van der Waals surface area contributed by atoms with Crippen molar-refractivity contribution in [3.63, 3.8) is 0 Å². The SMILES string of the molecule is CCNC(CCN(C)C)Cc1cncc(Br)c1. The Balaban J connectivity index is 2.53. The molecular weight excluding hydrogens is 278 g/mol. The Morgan fingerprint density at radius 2 is 2.18 bits per heavy atom. The maximum Gasteiger partial charge on any atom is 0.0410 e. The lowest BCUT2D eigenvalue weighted by Gasteiger charge is -2.20. The molecule has 1 N–H and O–H groups in total. The van der Waals surface area contributed by atoms with Gasteiger partial charge in [-0.1, -0.05) is 6.92 Å². The second kappa shape index (κ2) is 7.80. The van der Waals surface area contributed by atoms with Gasteiger partial charge < -0.3 is 10.2 Å². The summed E-state index contributed by atoms with van der Waals surface area (Å²) in [6.07, 6.45) is 5.97. The van der Waals surface area contributed by atoms with Crippen molar-refractivity contribution in [2.24, 2.45) is 0 Å². The van der Waals surface area contributed by atoms with Crippen molar-refractivity contribution in [2.75, 3.05) is 27.2 Å². The topological polar surface area (TPSA) is 28.2 Å². The van der Waals surface area contributed by atoms with Crippen LogP contribution in [-0.4, -0.2) is 43.1 Å². The third kappa shape index (κ3) is 6.15. The molecule has 0 aliphatic carbocycles. The number of hydrogen-bond acceptors (Lipinski definition) is 3. The predicted molar refractivity (Wildman–Crippen MR) is 76.3 cm³/mol. The van der Waals surface area contributed by atoms with E-state index in [4.69, 9.17) is 0 Å². The van der Waals surface area contributed by atoms with Gasteiger partial charge in [0.05, 0.1) is 0 Å². The van der Waals surface area contributed by atoms with Gasteiger partial charge in [0.2, 0.25) is 0 Å². The van der Waals surface area contributed by atoms with Crippen LogP contribution in [-0.2, 0) is 6.42 Å². The molecule has 0 aliphatic heterocycles. The Labute approximate surface area is 113 Å². The van der Waals surface area contributed by atoms with Crippen LogP contribution in [0.25, 0.3) is 0 Å². The summed E-state index contributed by atoms with van der Waals surface area (Å²) in [5, 5.41) is 3.54. The largest absolute Gasteiger partial charge is 0.314 e. The molecule has 1 aromatic rings. The molecule has 96 valence electrons. The third-order valence-electron chi connectivity index (χ3n) is 2.66. The van der Waals surface area contributed by atoms with Crippen LogP contribution in [0.5, 0.6) is 0 Å². The monoisotopic (exact) mass is 299 g/mol. The molecule has 1 atom stereocenters. The van der Waals surface area contributed by atoms with E-state index in [1.807, 2.05) is 12.4 Å². The van der Waals surface area contributed by atoms with E-state index >= 15 is 0 Å². The number of nitrogens with one attached hydrogen (secondary N) is 1. The molecule has 0 saturated heterocycles. The van der Waals surface area contributed by atoms with Gasteiger partial charge in [-0.3, -0.25) is 4.98 Å². The van der Waals surface area contributed by atoms with Crippen LogP contribution in [0.15, 0.2) is 22.9 Å². The molecule has 1 rings (SSSR count). The highest BCUT2D eigenvalue weighted by atomic mass is 79.9. The Hall–Kier alpha value is -0.450. The second-order valence-electron chi connectivity index (χ2n) is 4.56. The molecule has 0 fully saturated rings. The van der Waals surface area contributed by atoms with Crippen LogP contribution in [0.2, 0.25) is 0 Å². The molecule has 0 saturated carbocycles. The average molecular weight is 300 g/mol. The minimum absolute atomic E-state index is 0.526. The first-order chi connectivity index (χ1) is 8.11. The maximum absolute atomic E-state index is 4.21. The molecule has 1 unspecified atom stereocenters. The van der Waals surface area contributed by atoms with E-state index < -0.39 is 0 Å². The summed E-state index contributed by atoms with van der Waals surface area (Å²) in [5.41, 5.74) is 1.28. The van der Waals surface area contributed by atoms with Crippen molar-refractivity contribution in [3.05, 3.63) is 28.5 Å². The normalized spacial score (nSPS) is 13.0. The summed E-state index contributed by atoms with van der Waals surface area (Å²) < 4.78 is 1.05. The summed E-state index contributed by atoms with van der Waals surface area (Å²) >= 11 is 3.46. The van der Waals surface area contributed by atoms with Crippen molar-refractivity contribution in [1.82, 2.24) is 15.2 Å². The zero-order valence-electron chi connectivity index (χ0n) is 10.9. The number of aromatic nitrogens is 1. The van der Waals surface area contributed by atoms with Crippen LogP contribution in [0.3, 0.4) is 0 Å². The molecule has 0 amide bonds. The summed E-state index contributed by atoms with van der Waals surface area (Å²) in [6, 6.07) is 2.67. The van der Waals surface area contributed by atoms with Crippen molar-refractivity contribution in [2.45, 2.75) is 25.8 Å². The zero-order chi connectivity index (χ0) is 12.7. The van der Waals surface area contributed by atoms with E-state index in [1.165, 1.54) is 5.56 Å². The highest BCUT2D eigenvalue weighted by molar-refractivity contribution is 9.10. The summed E-state index contributed by atoms with van der Waals surface area (Å²) in [4.78, 5) is 6.43. The van der Waals surface area contributed by atoms with Gasteiger partial charge >= 0.3 is 0 Å². The highest BCUT2D eigenvalue weighted by Crippen LogP contribution is 2.12. The van der Waals surface area contributed by atoms with Crippen LogP contribution in [0, 0.1) is 0 Å². The van der Waals surface area contributed by atoms with E-state index in [2.05, 4.69) is 58.2 Å². The number of rotatable bonds is 7. The number of likely N-dealkylation sites (N-methyl/N-ethyl adjacent to an activating group) is 1. The van der Waals surface area contributed by atoms with Gasteiger partial charge in [-0.2, -0.15) is 0 Å². The summed E-state index contributed by atoms with van der Waals surface area (Å²) in [7, 11) is 4.23. The number of pyridine rings is 1. The standard InChI is InChI=1S/C13H22BrN3/c1-4-16-13(5-6-17(2)3)8-11-7-12(14)10-15-9-11/h7,9-10,13,16H,4-6,8H2,1-3H3. The van der Waals surface area contributed by atoms with Gasteiger partial charge in [-0.25, -0.2) is 0 Å². The van der Waals surface area contributed by atoms with Gasteiger partial charge in [0.1, 0.15) is 0 Å². The van der Waals surface area contributed by atoms with Gasteiger partial charge in [0.25, 0.3) is 0 Å². The van der Waals surface area contributed by atoms with Gasteiger partial charge in [0, 0.05) is 22.9 Å². The Kier molecular flexibility index (Phi) is 6.70. The van der Waals surface area contributed by atoms with Gasteiger partial charge in [0.15, 0.2) is 0 Å². The second-order valence-corrected chi connectivity index (χ2v) is 5.48. The minimum atomic E-state index is 0.526. The molecule has 0 radical (unpaired) electrons. The predicted octanol–water partition coefficient (Wildman–Crippen LogP) is 2.32. The molecule has 17 heavy (non-hydrogen) atoms. The Morgan fingerprint density at radius 3 is 2.76 bits per heavy atom. The fraction of sp³-hybridized carbons (Fsp3) is 0.615. The van der Waals surface area contributed by atoms with Crippen molar-refractivity contribution in [3.8, 4) is 0 Å². The van der Waals surface area contributed by atoms with Crippen LogP contribution in [0.1, 0.15) is 18.9 Å². The highest BCUT2D eigenvalue weighted by Gasteiger charge is 2.09. The average Bonchev–Trinajstić information content (AvgIpc) is 2.26. The van der Waals surface area contributed by atoms with E-state index in [-0.39, 0.29) is 0 Å². The third-order valence-corrected chi connectivity index (χ3v) is 3.09. The van der Waals surface area contributed by atoms with Crippen molar-refractivity contribution in [1.29, 1.82) is 0 Å². The van der Waals surface area contributed by atoms with Crippen LogP contribution < -0.4 is 5.32 Å². The zero-order valence-corrected chi connectivity index (χ0v) is 12.5. The fourth-order valence-corrected chi connectivity index (χ4v) is 2.24. The first-order valence-electron chi connectivity index (χ1n) is 6.09. The summed E-state index contributed by atoms with van der Waals surface area (Å²) in [5.74, 6) is 0. The first-order valence-corrected chi connectivity index (χ1v) is 6.88. The summed E-state index contributed by atoms with van der Waals surface area (Å²) in [6.45, 7) is 4.28. The Bertz CT molecular complexity index is 328. The number of hydrogen-bond donors (Lipinski definition) is 1. The lowest BCUT2D eigenvalue weighted by Crippen LogP contribution is -2.34. The minimum Gasteiger partial charge on any atom is -0.314 e. The molecule has 4 heteroatoms. The molecular formula is C13H22BrN3. The quantitative estimate of drug-likeness (QED) is 0.837. The maximum atomic E-state index is 4.21. The lowest BCUT2D eigenvalue weighted by molar-refractivity contribution is 0.358. The molecule has 0 aliphatic rings. The lowest BCUT2D eigenvalue weighted by atomic mass is 10.0. The van der Waals surface area contributed by atoms with E-state index in [0.717, 1.165) is 30.4 Å². The molecule has 3 nitrogen and oxygen atoms in total. The number of halogens is 1. The van der Waals surface area contributed by atoms with Gasteiger partial charge in [-0.15, -0.1) is 0 Å². The first kappa shape index (κ1) is 14.6. The fourth-order valence-electron chi connectivity index (χ4n) is 1.83. The van der Waals surface area contributed by atoms with Crippen LogP contribution in [0.4, 0.5) is 0 Å². The van der Waals surface area contributed by atoms with Crippen molar-refractivity contribution >= 4 is 15.9 Å². The molecule has 1 heterocycles. The van der Waals surface area contributed by atoms with E-state index in [9.17, 15) is 0 Å². The molecule has 0 spiro atoms. The van der Waals surface area contributed by atoms with Gasteiger partial charge in [-0.05, 0) is 67.6 Å². The Morgan fingerprint density at radius 1 is 1.41 bits per heavy atom. The van der Waals surface area contributed by atoms with Crippen molar-refractivity contribution < 1.29 is 0 Å². The number of nitrogens with zero attached hydrogens (tertiary/aromatic N) is 2. The van der Waals surface area contributed by atoms with E-state index in [0.29, 0.717) is 6.04 Å². The molecule has 0 bridgehead atoms. The molecule has 0 aromatic carbocycles. The van der Waals surface area contributed by atoms with E-state index in [1.54, 1.807) is 0 Å². The smallest absolute Gasteiger partial charge is 0.0410 e.